The smallest absolute Gasteiger partial charge is 0.0827 e. The molecule has 0 spiro atoms. The molecule has 0 aliphatic carbocycles. The third-order valence-corrected chi connectivity index (χ3v) is 7.44. The van der Waals surface area contributed by atoms with Crippen molar-refractivity contribution in [2.45, 2.75) is 25.9 Å². The largest absolute Gasteiger partial charge is 0.332 e. The molecule has 54 valence electrons. The van der Waals surface area contributed by atoms with E-state index in [2.05, 4.69) is 17.7 Å². The monoisotopic (exact) mass is 159 g/mol. The summed E-state index contributed by atoms with van der Waals surface area (Å²) in [5.74, 6) is 0. The van der Waals surface area contributed by atoms with E-state index in [-0.39, 0.29) is 8.31 Å². The second-order valence-corrected chi connectivity index (χ2v) is 13.4. The van der Waals surface area contributed by atoms with Gasteiger partial charge in [0.2, 0.25) is 0 Å². The zero-order chi connectivity index (χ0) is 6.69. The molecule has 1 heterocycles. The Morgan fingerprint density at radius 2 is 1.78 bits per heavy atom. The molecule has 0 aromatic heterocycles. The second-order valence-electron chi connectivity index (χ2n) is 3.40. The fourth-order valence-electron chi connectivity index (χ4n) is 1.48. The van der Waals surface area contributed by atoms with Crippen LogP contribution in [0.4, 0.5) is 0 Å². The molecule has 1 aliphatic rings. The Morgan fingerprint density at radius 1 is 1.22 bits per heavy atom. The number of hydrogen-bond acceptors (Lipinski definition) is 1. The molecule has 1 aliphatic heterocycles. The van der Waals surface area contributed by atoms with Crippen LogP contribution in [0.1, 0.15) is 12.8 Å². The molecular formula is C6H17NSi2. The quantitative estimate of drug-likeness (QED) is 0.519. The Balaban J connectivity index is 2.11. The molecule has 1 fully saturated rings. The summed E-state index contributed by atoms with van der Waals surface area (Å²) in [6, 6.07) is 0. The van der Waals surface area contributed by atoms with Crippen molar-refractivity contribution >= 4 is 17.5 Å². The first-order chi connectivity index (χ1) is 4.29. The fourth-order valence-corrected chi connectivity index (χ4v) is 7.52. The molecule has 0 N–H and O–H groups in total. The van der Waals surface area contributed by atoms with Crippen LogP contribution in [0.25, 0.3) is 0 Å². The molecule has 0 saturated carbocycles. The minimum Gasteiger partial charge on any atom is -0.332 e. The van der Waals surface area contributed by atoms with Crippen LogP contribution in [0.3, 0.4) is 0 Å². The maximum atomic E-state index is 2.76. The first kappa shape index (κ1) is 7.50. The summed E-state index contributed by atoms with van der Waals surface area (Å²) < 4.78 is 2.76. The molecule has 0 atom stereocenters. The highest BCUT2D eigenvalue weighted by atomic mass is 29.2. The number of hydrogen-bond donors (Lipinski definition) is 0. The van der Waals surface area contributed by atoms with Crippen LogP contribution >= 0.6 is 0 Å². The van der Waals surface area contributed by atoms with Crippen molar-refractivity contribution in [3.8, 4) is 0 Å². The lowest BCUT2D eigenvalue weighted by Gasteiger charge is -2.14. The van der Waals surface area contributed by atoms with Crippen LogP contribution in [-0.2, 0) is 0 Å². The van der Waals surface area contributed by atoms with E-state index < -0.39 is 0 Å². The average molecular weight is 159 g/mol. The number of rotatable bonds is 2. The van der Waals surface area contributed by atoms with Gasteiger partial charge in [-0.25, -0.2) is 0 Å². The molecule has 9 heavy (non-hydrogen) atoms. The molecule has 1 saturated heterocycles. The van der Waals surface area contributed by atoms with Crippen LogP contribution in [0.2, 0.25) is 13.1 Å². The molecule has 0 aromatic carbocycles. The van der Waals surface area contributed by atoms with Crippen molar-refractivity contribution in [3.63, 3.8) is 0 Å². The van der Waals surface area contributed by atoms with Gasteiger partial charge in [0, 0.05) is 8.31 Å². The van der Waals surface area contributed by atoms with Gasteiger partial charge in [-0.3, -0.25) is 0 Å². The molecule has 0 aromatic rings. The molecular weight excluding hydrogens is 142 g/mol. The average Bonchev–Trinajstić information content (AvgIpc) is 2.15. The van der Waals surface area contributed by atoms with E-state index in [1.54, 1.807) is 0 Å². The Bertz CT molecular complexity index is 79.1. The summed E-state index contributed by atoms with van der Waals surface area (Å²) in [4.78, 5) is 0. The van der Waals surface area contributed by atoms with Gasteiger partial charge in [0.05, 0.1) is 9.20 Å². The molecule has 0 unspecified atom stereocenters. The normalized spacial score (nSPS) is 23.0. The standard InChI is InChI=1S/C6H17NSi2/c1-9(2)8-7-5-3-4-6-7/h9H,3-6,8H2,1-2H3. The summed E-state index contributed by atoms with van der Waals surface area (Å²) in [6.07, 6.45) is 2.96. The van der Waals surface area contributed by atoms with Crippen molar-refractivity contribution in [2.24, 2.45) is 0 Å². The fraction of sp³-hybridized carbons (Fsp3) is 1.00. The minimum atomic E-state index is -0.159. The van der Waals surface area contributed by atoms with Gasteiger partial charge in [0.25, 0.3) is 0 Å². The summed E-state index contributed by atoms with van der Waals surface area (Å²) in [5.41, 5.74) is 0. The van der Waals surface area contributed by atoms with E-state index in [1.165, 1.54) is 25.9 Å². The van der Waals surface area contributed by atoms with Gasteiger partial charge in [-0.15, -0.1) is 0 Å². The van der Waals surface area contributed by atoms with Crippen LogP contribution in [0, 0.1) is 0 Å². The molecule has 1 rings (SSSR count). The van der Waals surface area contributed by atoms with E-state index in [0.717, 1.165) is 0 Å². The third-order valence-electron chi connectivity index (χ3n) is 1.82. The van der Waals surface area contributed by atoms with Crippen LogP contribution < -0.4 is 0 Å². The highest BCUT2D eigenvalue weighted by Gasteiger charge is 2.12. The van der Waals surface area contributed by atoms with Crippen LogP contribution in [-0.4, -0.2) is 35.2 Å². The van der Waals surface area contributed by atoms with Crippen molar-refractivity contribution in [1.82, 2.24) is 4.57 Å². The molecule has 1 nitrogen and oxygen atoms in total. The van der Waals surface area contributed by atoms with E-state index in [0.29, 0.717) is 9.20 Å². The summed E-state index contributed by atoms with van der Waals surface area (Å²) in [6.45, 7) is 7.86. The van der Waals surface area contributed by atoms with E-state index in [4.69, 9.17) is 0 Å². The SMILES string of the molecule is C[SiH](C)[SiH2]N1CCCC1. The maximum Gasteiger partial charge on any atom is 0.0827 e. The van der Waals surface area contributed by atoms with Crippen molar-refractivity contribution in [3.05, 3.63) is 0 Å². The Morgan fingerprint density at radius 3 is 2.22 bits per heavy atom. The predicted molar refractivity (Wildman–Crippen MR) is 48.2 cm³/mol. The van der Waals surface area contributed by atoms with E-state index >= 15 is 0 Å². The molecule has 3 heteroatoms. The Labute approximate surface area is 61.7 Å². The molecule has 0 radical (unpaired) electrons. The first-order valence-corrected chi connectivity index (χ1v) is 10.2. The zero-order valence-corrected chi connectivity index (χ0v) is 9.13. The lowest BCUT2D eigenvalue weighted by atomic mass is 10.4. The van der Waals surface area contributed by atoms with Crippen LogP contribution in [0.5, 0.6) is 0 Å². The van der Waals surface area contributed by atoms with Crippen LogP contribution in [0.15, 0.2) is 0 Å². The van der Waals surface area contributed by atoms with Gasteiger partial charge in [-0.05, 0) is 25.9 Å². The second kappa shape index (κ2) is 3.53. The predicted octanol–water partition coefficient (Wildman–Crippen LogP) is 0.149. The van der Waals surface area contributed by atoms with Crippen molar-refractivity contribution in [1.29, 1.82) is 0 Å². The van der Waals surface area contributed by atoms with Gasteiger partial charge >= 0.3 is 0 Å². The number of nitrogens with zero attached hydrogens (tertiary/aromatic N) is 1. The molecule has 0 amide bonds. The summed E-state index contributed by atoms with van der Waals surface area (Å²) in [5, 5.41) is 0. The van der Waals surface area contributed by atoms with E-state index in [1.807, 2.05) is 0 Å². The first-order valence-electron chi connectivity index (χ1n) is 4.01. The lowest BCUT2D eigenvalue weighted by Crippen LogP contribution is -2.33. The Hall–Kier alpha value is 0.394. The highest BCUT2D eigenvalue weighted by molar-refractivity contribution is 7.09. The van der Waals surface area contributed by atoms with E-state index in [9.17, 15) is 0 Å². The third kappa shape index (κ3) is 2.64. The van der Waals surface area contributed by atoms with Gasteiger partial charge < -0.3 is 4.57 Å². The topological polar surface area (TPSA) is 3.24 Å². The zero-order valence-electron chi connectivity index (χ0n) is 6.56. The summed E-state index contributed by atoms with van der Waals surface area (Å²) >= 11 is 0. The summed E-state index contributed by atoms with van der Waals surface area (Å²) in [7, 11) is 0.136. The van der Waals surface area contributed by atoms with Gasteiger partial charge in [-0.2, -0.15) is 0 Å². The lowest BCUT2D eigenvalue weighted by molar-refractivity contribution is 0.560. The van der Waals surface area contributed by atoms with Gasteiger partial charge in [0.15, 0.2) is 0 Å². The van der Waals surface area contributed by atoms with Gasteiger partial charge in [-0.1, -0.05) is 13.1 Å². The molecule has 0 bridgehead atoms. The highest BCUT2D eigenvalue weighted by Crippen LogP contribution is 2.05. The van der Waals surface area contributed by atoms with Gasteiger partial charge in [0.1, 0.15) is 0 Å². The maximum absolute atomic E-state index is 2.76. The van der Waals surface area contributed by atoms with Crippen molar-refractivity contribution < 1.29 is 0 Å². The Kier molecular flexibility index (Phi) is 2.95. The minimum absolute atomic E-state index is 0.159. The van der Waals surface area contributed by atoms with Crippen molar-refractivity contribution in [2.75, 3.05) is 13.1 Å².